The van der Waals surface area contributed by atoms with Crippen molar-refractivity contribution in [2.24, 2.45) is 0 Å². The Morgan fingerprint density at radius 2 is 2.15 bits per heavy atom. The van der Waals surface area contributed by atoms with E-state index in [0.29, 0.717) is 9.21 Å². The van der Waals surface area contributed by atoms with Crippen molar-refractivity contribution in [2.45, 2.75) is 19.9 Å². The van der Waals surface area contributed by atoms with Crippen LogP contribution in [0.2, 0.25) is 4.34 Å². The van der Waals surface area contributed by atoms with Crippen molar-refractivity contribution in [1.29, 1.82) is 0 Å². The molecule has 0 bridgehead atoms. The quantitative estimate of drug-likeness (QED) is 0.842. The second-order valence-corrected chi connectivity index (χ2v) is 4.45. The highest BCUT2D eigenvalue weighted by Gasteiger charge is 2.08. The minimum atomic E-state index is -0.0538. The monoisotopic (exact) mass is 237 g/mol. The van der Waals surface area contributed by atoms with Crippen molar-refractivity contribution < 1.29 is 4.79 Å². The fraction of sp³-hybridized carbons (Fsp3) is 0.375. The Morgan fingerprint density at radius 1 is 1.54 bits per heavy atom. The first-order valence-corrected chi connectivity index (χ1v) is 4.85. The molecule has 0 atom stereocenters. The Hall–Kier alpha value is -0.190. The van der Waals surface area contributed by atoms with Crippen LogP contribution in [0.15, 0.2) is 12.1 Å². The van der Waals surface area contributed by atoms with Gasteiger partial charge in [0.1, 0.15) is 0 Å². The van der Waals surface area contributed by atoms with Gasteiger partial charge in [0.25, 0.3) is 5.91 Å². The molecule has 0 aliphatic heterocycles. The number of halogens is 1. The van der Waals surface area contributed by atoms with Crippen LogP contribution in [0.5, 0.6) is 0 Å². The van der Waals surface area contributed by atoms with E-state index in [0.717, 1.165) is 0 Å². The van der Waals surface area contributed by atoms with Gasteiger partial charge in [0.2, 0.25) is 0 Å². The molecule has 1 rings (SSSR count). The molecule has 74 valence electrons. The molecule has 0 saturated carbocycles. The third kappa shape index (κ3) is 4.02. The van der Waals surface area contributed by atoms with Gasteiger partial charge in [-0.2, -0.15) is 13.5 Å². The maximum absolute atomic E-state index is 11.3. The zero-order valence-electron chi connectivity index (χ0n) is 7.43. The predicted octanol–water partition coefficient (Wildman–Crippen LogP) is 2.65. The lowest BCUT2D eigenvalue weighted by Crippen LogP contribution is -2.29. The molecule has 1 aromatic heterocycles. The van der Waals surface area contributed by atoms with Crippen molar-refractivity contribution in [3.05, 3.63) is 21.3 Å². The van der Waals surface area contributed by atoms with Gasteiger partial charge in [0.05, 0.1) is 9.21 Å². The molecule has 0 radical (unpaired) electrons. The molecule has 0 saturated heterocycles. The summed E-state index contributed by atoms with van der Waals surface area (Å²) in [5, 5.41) is 2.79. The summed E-state index contributed by atoms with van der Waals surface area (Å²) < 4.78 is 0.643. The van der Waals surface area contributed by atoms with Crippen molar-refractivity contribution >= 4 is 42.3 Å². The SMILES string of the molecule is CC(C)NC(=O)c1ccc(Cl)s1.S. The summed E-state index contributed by atoms with van der Waals surface area (Å²) in [5.74, 6) is -0.0538. The fourth-order valence-corrected chi connectivity index (χ4v) is 1.72. The van der Waals surface area contributed by atoms with E-state index < -0.39 is 0 Å². The molecule has 0 fully saturated rings. The highest BCUT2D eigenvalue weighted by molar-refractivity contribution is 7.59. The average molecular weight is 238 g/mol. The number of hydrogen-bond donors (Lipinski definition) is 1. The normalized spacial score (nSPS) is 9.54. The first-order valence-electron chi connectivity index (χ1n) is 3.66. The lowest BCUT2D eigenvalue weighted by atomic mass is 10.3. The zero-order chi connectivity index (χ0) is 9.14. The summed E-state index contributed by atoms with van der Waals surface area (Å²) in [6.45, 7) is 3.85. The van der Waals surface area contributed by atoms with Gasteiger partial charge in [0.15, 0.2) is 0 Å². The van der Waals surface area contributed by atoms with Crippen LogP contribution in [-0.4, -0.2) is 11.9 Å². The van der Waals surface area contributed by atoms with Crippen molar-refractivity contribution in [1.82, 2.24) is 5.32 Å². The number of thiophene rings is 1. The Morgan fingerprint density at radius 3 is 2.54 bits per heavy atom. The van der Waals surface area contributed by atoms with E-state index in [1.807, 2.05) is 13.8 Å². The molecule has 0 spiro atoms. The number of hydrogen-bond acceptors (Lipinski definition) is 2. The van der Waals surface area contributed by atoms with Crippen LogP contribution in [-0.2, 0) is 0 Å². The second kappa shape index (κ2) is 5.52. The summed E-state index contributed by atoms with van der Waals surface area (Å²) in [6.07, 6.45) is 0. The van der Waals surface area contributed by atoms with Gasteiger partial charge in [0, 0.05) is 6.04 Å². The molecule has 1 amide bonds. The Kier molecular flexibility index (Phi) is 5.44. The van der Waals surface area contributed by atoms with Gasteiger partial charge in [-0.05, 0) is 26.0 Å². The molecule has 1 heterocycles. The fourth-order valence-electron chi connectivity index (χ4n) is 0.770. The van der Waals surface area contributed by atoms with Gasteiger partial charge >= 0.3 is 0 Å². The van der Waals surface area contributed by atoms with E-state index in [2.05, 4.69) is 5.32 Å². The predicted molar refractivity (Wildman–Crippen MR) is 62.3 cm³/mol. The van der Waals surface area contributed by atoms with Gasteiger partial charge in [-0.1, -0.05) is 11.6 Å². The van der Waals surface area contributed by atoms with E-state index >= 15 is 0 Å². The van der Waals surface area contributed by atoms with Crippen LogP contribution in [0.3, 0.4) is 0 Å². The first-order chi connectivity index (χ1) is 5.59. The number of rotatable bonds is 2. The van der Waals surface area contributed by atoms with E-state index in [4.69, 9.17) is 11.6 Å². The Balaban J connectivity index is 0.00000144. The smallest absolute Gasteiger partial charge is 0.261 e. The molecule has 1 aromatic rings. The lowest BCUT2D eigenvalue weighted by Gasteiger charge is -2.05. The second-order valence-electron chi connectivity index (χ2n) is 2.73. The molecule has 0 aliphatic rings. The zero-order valence-corrected chi connectivity index (χ0v) is 10.00. The van der Waals surface area contributed by atoms with Crippen LogP contribution < -0.4 is 5.32 Å². The minimum Gasteiger partial charge on any atom is -0.349 e. The summed E-state index contributed by atoms with van der Waals surface area (Å²) in [6, 6.07) is 3.62. The highest BCUT2D eigenvalue weighted by atomic mass is 35.5. The molecular formula is C8H12ClNOS2. The van der Waals surface area contributed by atoms with Crippen LogP contribution in [0, 0.1) is 0 Å². The average Bonchev–Trinajstić information content (AvgIpc) is 2.34. The van der Waals surface area contributed by atoms with E-state index in [1.54, 1.807) is 12.1 Å². The number of nitrogens with one attached hydrogen (secondary N) is 1. The lowest BCUT2D eigenvalue weighted by molar-refractivity contribution is 0.0947. The van der Waals surface area contributed by atoms with E-state index in [9.17, 15) is 4.79 Å². The third-order valence-electron chi connectivity index (χ3n) is 1.22. The molecule has 0 aliphatic carbocycles. The van der Waals surface area contributed by atoms with Crippen LogP contribution in [0.1, 0.15) is 23.5 Å². The molecule has 2 nitrogen and oxygen atoms in total. The first kappa shape index (κ1) is 12.8. The van der Waals surface area contributed by atoms with Gasteiger partial charge in [-0.15, -0.1) is 11.3 Å². The molecule has 0 aromatic carbocycles. The topological polar surface area (TPSA) is 29.1 Å². The van der Waals surface area contributed by atoms with E-state index in [1.165, 1.54) is 11.3 Å². The third-order valence-corrected chi connectivity index (χ3v) is 2.45. The molecule has 1 N–H and O–H groups in total. The minimum absolute atomic E-state index is 0. The van der Waals surface area contributed by atoms with Crippen LogP contribution >= 0.6 is 36.4 Å². The largest absolute Gasteiger partial charge is 0.349 e. The summed E-state index contributed by atoms with van der Waals surface area (Å²) in [7, 11) is 0. The van der Waals surface area contributed by atoms with Gasteiger partial charge < -0.3 is 5.32 Å². The standard InChI is InChI=1S/C8H10ClNOS.H2S/c1-5(2)10-8(11)6-3-4-7(9)12-6;/h3-5H,1-2H3,(H,10,11);1H2. The molecule has 13 heavy (non-hydrogen) atoms. The Bertz CT molecular complexity index is 285. The summed E-state index contributed by atoms with van der Waals surface area (Å²) >= 11 is 6.97. The van der Waals surface area contributed by atoms with Crippen molar-refractivity contribution in [3.8, 4) is 0 Å². The molecular weight excluding hydrogens is 226 g/mol. The number of carbonyl (C=O) groups excluding carboxylic acids is 1. The number of amides is 1. The van der Waals surface area contributed by atoms with Crippen LogP contribution in [0.25, 0.3) is 0 Å². The van der Waals surface area contributed by atoms with Gasteiger partial charge in [-0.25, -0.2) is 0 Å². The van der Waals surface area contributed by atoms with Crippen molar-refractivity contribution in [2.75, 3.05) is 0 Å². The maximum atomic E-state index is 11.3. The number of carbonyl (C=O) groups is 1. The molecule has 5 heteroatoms. The van der Waals surface area contributed by atoms with Crippen molar-refractivity contribution in [3.63, 3.8) is 0 Å². The summed E-state index contributed by atoms with van der Waals surface area (Å²) in [5.41, 5.74) is 0. The maximum Gasteiger partial charge on any atom is 0.261 e. The molecule has 0 unspecified atom stereocenters. The van der Waals surface area contributed by atoms with E-state index in [-0.39, 0.29) is 25.4 Å². The summed E-state index contributed by atoms with van der Waals surface area (Å²) in [4.78, 5) is 12.0. The highest BCUT2D eigenvalue weighted by Crippen LogP contribution is 2.21. The van der Waals surface area contributed by atoms with Gasteiger partial charge in [-0.3, -0.25) is 4.79 Å². The van der Waals surface area contributed by atoms with Crippen LogP contribution in [0.4, 0.5) is 0 Å². The Labute approximate surface area is 93.7 Å².